The third-order valence-electron chi connectivity index (χ3n) is 6.05. The summed E-state index contributed by atoms with van der Waals surface area (Å²) < 4.78 is 7.11. The average molecular weight is 566 g/mol. The van der Waals surface area contributed by atoms with Crippen LogP contribution in [0.1, 0.15) is 11.1 Å². The molecular formula is C28H21Cl2N3O4S. The van der Waals surface area contributed by atoms with E-state index in [9.17, 15) is 14.4 Å². The maximum absolute atomic E-state index is 13.1. The van der Waals surface area contributed by atoms with Crippen molar-refractivity contribution in [3.05, 3.63) is 99.0 Å². The third kappa shape index (κ3) is 5.29. The zero-order valence-corrected chi connectivity index (χ0v) is 22.4. The minimum atomic E-state index is -0.518. The Kier molecular flexibility index (Phi) is 7.46. The van der Waals surface area contributed by atoms with Gasteiger partial charge in [-0.1, -0.05) is 47.5 Å². The van der Waals surface area contributed by atoms with Gasteiger partial charge in [-0.2, -0.15) is 0 Å². The number of methoxy groups -OCH3 is 1. The molecule has 0 saturated carbocycles. The summed E-state index contributed by atoms with van der Waals surface area (Å²) in [7, 11) is 1.55. The maximum atomic E-state index is 13.1. The van der Waals surface area contributed by atoms with Crippen LogP contribution in [0.25, 0.3) is 17.0 Å². The highest BCUT2D eigenvalue weighted by Gasteiger charge is 2.36. The molecule has 3 aromatic carbocycles. The lowest BCUT2D eigenvalue weighted by Crippen LogP contribution is -2.36. The van der Waals surface area contributed by atoms with Crippen molar-refractivity contribution in [2.75, 3.05) is 19.0 Å². The van der Waals surface area contributed by atoms with Crippen molar-refractivity contribution in [2.45, 2.75) is 6.54 Å². The molecular weight excluding hydrogens is 545 g/mol. The first-order chi connectivity index (χ1) is 18.3. The molecule has 1 aliphatic rings. The summed E-state index contributed by atoms with van der Waals surface area (Å²) in [5.41, 5.74) is 3.00. The fraction of sp³-hybridized carbons (Fsp3) is 0.107. The van der Waals surface area contributed by atoms with Gasteiger partial charge in [0.1, 0.15) is 12.3 Å². The van der Waals surface area contributed by atoms with E-state index >= 15 is 0 Å². The summed E-state index contributed by atoms with van der Waals surface area (Å²) in [5.74, 6) is -0.349. The van der Waals surface area contributed by atoms with Crippen molar-refractivity contribution < 1.29 is 19.1 Å². The monoisotopic (exact) mass is 565 g/mol. The van der Waals surface area contributed by atoms with E-state index in [2.05, 4.69) is 5.32 Å². The van der Waals surface area contributed by atoms with Crippen molar-refractivity contribution in [1.29, 1.82) is 0 Å². The number of carbonyl (C=O) groups is 3. The van der Waals surface area contributed by atoms with Crippen LogP contribution in [0.4, 0.5) is 10.5 Å². The molecule has 7 nitrogen and oxygen atoms in total. The second kappa shape index (κ2) is 10.9. The van der Waals surface area contributed by atoms with Gasteiger partial charge in [0.2, 0.25) is 5.91 Å². The summed E-state index contributed by atoms with van der Waals surface area (Å²) >= 11 is 13.6. The molecule has 3 amide bonds. The molecule has 0 bridgehead atoms. The first kappa shape index (κ1) is 25.9. The van der Waals surface area contributed by atoms with Crippen molar-refractivity contribution in [3.63, 3.8) is 0 Å². The van der Waals surface area contributed by atoms with Gasteiger partial charge in [-0.25, -0.2) is 0 Å². The first-order valence-corrected chi connectivity index (χ1v) is 13.1. The molecule has 0 spiro atoms. The number of fused-ring (bicyclic) bond motifs is 1. The molecule has 192 valence electrons. The Labute approximate surface area is 233 Å². The molecule has 1 fully saturated rings. The highest BCUT2D eigenvalue weighted by molar-refractivity contribution is 8.18. The number of nitrogens with one attached hydrogen (secondary N) is 1. The molecule has 1 N–H and O–H groups in total. The van der Waals surface area contributed by atoms with Crippen LogP contribution in [-0.4, -0.2) is 40.2 Å². The van der Waals surface area contributed by atoms with Gasteiger partial charge in [0.05, 0.1) is 18.6 Å². The summed E-state index contributed by atoms with van der Waals surface area (Å²) in [6.45, 7) is 0.0423. The molecule has 0 radical (unpaired) electrons. The zero-order valence-electron chi connectivity index (χ0n) is 20.1. The normalized spacial score (nSPS) is 14.5. The Balaban J connectivity index is 1.37. The molecule has 5 rings (SSSR count). The lowest BCUT2D eigenvalue weighted by molar-refractivity contribution is -0.127. The Morgan fingerprint density at radius 3 is 2.42 bits per heavy atom. The molecule has 1 saturated heterocycles. The number of hydrogen-bond donors (Lipinski definition) is 1. The number of hydrogen-bond acceptors (Lipinski definition) is 5. The SMILES string of the molecule is COc1ccc(NC(=O)CN2C(=O)S/C(=C\c3cn(Cc4c(Cl)cccc4Cl)c4ccccc34)C2=O)cc1. The van der Waals surface area contributed by atoms with Crippen LogP contribution in [0.3, 0.4) is 0 Å². The predicted molar refractivity (Wildman–Crippen MR) is 152 cm³/mol. The van der Waals surface area contributed by atoms with Crippen LogP contribution < -0.4 is 10.1 Å². The number of anilines is 1. The van der Waals surface area contributed by atoms with Crippen molar-refractivity contribution in [3.8, 4) is 5.75 Å². The molecule has 1 aromatic heterocycles. The number of aromatic nitrogens is 1. The topological polar surface area (TPSA) is 80.6 Å². The van der Waals surface area contributed by atoms with Crippen LogP contribution in [0, 0.1) is 0 Å². The summed E-state index contributed by atoms with van der Waals surface area (Å²) in [4.78, 5) is 39.5. The largest absolute Gasteiger partial charge is 0.497 e. The highest BCUT2D eigenvalue weighted by atomic mass is 35.5. The van der Waals surface area contributed by atoms with Crippen molar-refractivity contribution >= 4 is 74.7 Å². The van der Waals surface area contributed by atoms with Gasteiger partial charge in [-0.3, -0.25) is 19.3 Å². The van der Waals surface area contributed by atoms with Crippen LogP contribution in [0.5, 0.6) is 5.75 Å². The summed E-state index contributed by atoms with van der Waals surface area (Å²) in [5, 5.41) is 4.21. The summed E-state index contributed by atoms with van der Waals surface area (Å²) in [6, 6.07) is 19.9. The van der Waals surface area contributed by atoms with Gasteiger partial charge in [0, 0.05) is 44.0 Å². The highest BCUT2D eigenvalue weighted by Crippen LogP contribution is 2.35. The second-order valence-electron chi connectivity index (χ2n) is 8.47. The lowest BCUT2D eigenvalue weighted by atomic mass is 10.1. The van der Waals surface area contributed by atoms with Gasteiger partial charge in [0.25, 0.3) is 11.1 Å². The number of amides is 3. The number of thioether (sulfide) groups is 1. The standard InChI is InChI=1S/C28H21Cl2N3O4S/c1-37-19-11-9-18(10-12-19)31-26(34)16-33-27(35)25(38-28(33)36)13-17-14-32(24-8-3-2-5-20(17)24)15-21-22(29)6-4-7-23(21)30/h2-14H,15-16H2,1H3,(H,31,34)/b25-13-. The fourth-order valence-electron chi connectivity index (χ4n) is 4.17. The first-order valence-electron chi connectivity index (χ1n) is 11.5. The van der Waals surface area contributed by atoms with E-state index in [1.807, 2.05) is 35.0 Å². The Morgan fingerprint density at radius 1 is 1.00 bits per heavy atom. The lowest BCUT2D eigenvalue weighted by Gasteiger charge is -2.12. The van der Waals surface area contributed by atoms with Crippen LogP contribution >= 0.6 is 35.0 Å². The minimum absolute atomic E-state index is 0.242. The second-order valence-corrected chi connectivity index (χ2v) is 10.3. The average Bonchev–Trinajstić information content (AvgIpc) is 3.38. The van der Waals surface area contributed by atoms with E-state index in [0.29, 0.717) is 28.0 Å². The third-order valence-corrected chi connectivity index (χ3v) is 7.66. The van der Waals surface area contributed by atoms with Crippen molar-refractivity contribution in [2.24, 2.45) is 0 Å². The van der Waals surface area contributed by atoms with E-state index in [1.54, 1.807) is 55.7 Å². The number of rotatable bonds is 7. The molecule has 0 atom stereocenters. The van der Waals surface area contributed by atoms with Gasteiger partial charge >= 0.3 is 0 Å². The number of ether oxygens (including phenoxy) is 1. The van der Waals surface area contributed by atoms with Gasteiger partial charge in [-0.05, 0) is 60.3 Å². The number of para-hydroxylation sites is 1. The summed E-state index contributed by atoms with van der Waals surface area (Å²) in [6.07, 6.45) is 3.58. The fourth-order valence-corrected chi connectivity index (χ4v) is 5.52. The molecule has 0 aliphatic carbocycles. The molecule has 38 heavy (non-hydrogen) atoms. The molecule has 1 aliphatic heterocycles. The van der Waals surface area contributed by atoms with Crippen LogP contribution in [-0.2, 0) is 16.1 Å². The molecule has 0 unspecified atom stereocenters. The van der Waals surface area contributed by atoms with E-state index in [-0.39, 0.29) is 11.4 Å². The molecule has 10 heteroatoms. The van der Waals surface area contributed by atoms with E-state index < -0.39 is 17.1 Å². The predicted octanol–water partition coefficient (Wildman–Crippen LogP) is 6.68. The quantitative estimate of drug-likeness (QED) is 0.253. The Bertz CT molecular complexity index is 1580. The van der Waals surface area contributed by atoms with Gasteiger partial charge in [0.15, 0.2) is 0 Å². The van der Waals surface area contributed by atoms with Gasteiger partial charge < -0.3 is 14.6 Å². The van der Waals surface area contributed by atoms with Crippen LogP contribution in [0.15, 0.2) is 77.8 Å². The molecule has 2 heterocycles. The zero-order chi connectivity index (χ0) is 26.8. The number of nitrogens with zero attached hydrogens (tertiary/aromatic N) is 2. The van der Waals surface area contributed by atoms with Crippen molar-refractivity contribution in [1.82, 2.24) is 9.47 Å². The van der Waals surface area contributed by atoms with Crippen LogP contribution in [0.2, 0.25) is 10.0 Å². The van der Waals surface area contributed by atoms with Gasteiger partial charge in [-0.15, -0.1) is 0 Å². The Morgan fingerprint density at radius 2 is 1.71 bits per heavy atom. The Hall–Kier alpha value is -3.72. The maximum Gasteiger partial charge on any atom is 0.294 e. The number of halogens is 2. The molecule has 4 aromatic rings. The smallest absolute Gasteiger partial charge is 0.294 e. The van der Waals surface area contributed by atoms with E-state index in [1.165, 1.54) is 0 Å². The van der Waals surface area contributed by atoms with E-state index in [4.69, 9.17) is 27.9 Å². The number of imide groups is 1. The van der Waals surface area contributed by atoms with E-state index in [0.717, 1.165) is 38.7 Å². The number of carbonyl (C=O) groups excluding carboxylic acids is 3. The number of benzene rings is 3. The minimum Gasteiger partial charge on any atom is -0.497 e.